The van der Waals surface area contributed by atoms with Gasteiger partial charge >= 0.3 is 115 Å². The molecule has 7 heavy (non-hydrogen) atoms. The van der Waals surface area contributed by atoms with Crippen LogP contribution in [0, 0.1) is 42.8 Å². The van der Waals surface area contributed by atoms with Crippen molar-refractivity contribution >= 4 is 62.0 Å². The van der Waals surface area contributed by atoms with Crippen LogP contribution in [0.15, 0.2) is 0 Å². The predicted octanol–water partition coefficient (Wildman–Crippen LogP) is -1.65. The standard InChI is InChI=1S/C2H3NO2.Ra.Rb.H/c3-1-2(4)5;;;/h1,3H,(H,4,5);;;/q-1;;+1;. The molecule has 1 atom stereocenters. The Morgan fingerprint density at radius 2 is 2.43 bits per heavy atom. The van der Waals surface area contributed by atoms with Crippen LogP contribution in [0.25, 0.3) is 0 Å². The van der Waals surface area contributed by atoms with Gasteiger partial charge in [-0.15, -0.1) is 0 Å². The van der Waals surface area contributed by atoms with Gasteiger partial charge in [0.1, 0.15) is 0 Å². The van der Waals surface area contributed by atoms with Gasteiger partial charge in [-0.3, -0.25) is 0 Å². The van der Waals surface area contributed by atoms with E-state index in [1.165, 1.54) is 0 Å². The van der Waals surface area contributed by atoms with Gasteiger partial charge in [-0.05, 0) is 0 Å². The van der Waals surface area contributed by atoms with Gasteiger partial charge in [0.25, 0.3) is 0 Å². The van der Waals surface area contributed by atoms with Gasteiger partial charge in [0, 0.05) is 0 Å². The molecular weight excluding hydrogens is 381 g/mol. The molecule has 2 N–H and O–H groups in total. The monoisotopic (exact) mass is 385 g/mol. The summed E-state index contributed by atoms with van der Waals surface area (Å²) in [6.45, 7) is 0. The van der Waals surface area contributed by atoms with E-state index in [9.17, 15) is 4.79 Å². The van der Waals surface area contributed by atoms with E-state index in [4.69, 9.17) is 5.11 Å². The van der Waals surface area contributed by atoms with Crippen molar-refractivity contribution in [2.75, 3.05) is 0 Å². The number of hydrogen-bond acceptors (Lipinski definition) is 2. The molecule has 0 spiro atoms. The first-order valence-electron chi connectivity index (χ1n) is 2.08. The van der Waals surface area contributed by atoms with Crippen LogP contribution in [-0.2, 0) is 4.79 Å². The molecule has 0 saturated heterocycles. The zero-order chi connectivity index (χ0) is 5.86. The molecule has 0 saturated carbocycles. The van der Waals surface area contributed by atoms with Crippen LogP contribution in [0.1, 0.15) is 0 Å². The van der Waals surface area contributed by atoms with Crippen molar-refractivity contribution in [3.8, 4) is 0 Å². The molecule has 0 aromatic heterocycles. The van der Waals surface area contributed by atoms with Gasteiger partial charge in [0.2, 0.25) is 0 Å². The zero-order valence-corrected chi connectivity index (χ0v) is 17.6. The van der Waals surface area contributed by atoms with E-state index in [0.717, 1.165) is 0 Å². The van der Waals surface area contributed by atoms with Gasteiger partial charge in [-0.2, -0.15) is 0 Å². The summed E-state index contributed by atoms with van der Waals surface area (Å²) in [7, 11) is 0. The number of carboxylic acids is 1. The molecule has 0 radical (unpaired) electrons. The third kappa shape index (κ3) is 5.16. The van der Waals surface area contributed by atoms with Crippen LogP contribution >= 0.6 is 0 Å². The number of nitrogens with one attached hydrogen (secondary N) is 1. The minimum absolute atomic E-state index is 0.108. The van der Waals surface area contributed by atoms with E-state index < -0.39 is 5.97 Å². The first kappa shape index (κ1) is 9.70. The van der Waals surface area contributed by atoms with Crippen LogP contribution in [0.4, 0.5) is 0 Å². The second kappa shape index (κ2) is 5.48. The Hall–Kier alpha value is 2.70. The fourth-order valence-corrected chi connectivity index (χ4v) is 0.730. The van der Waals surface area contributed by atoms with Crippen molar-refractivity contribution in [2.24, 2.45) is 0 Å². The van der Waals surface area contributed by atoms with Crippen molar-refractivity contribution < 1.29 is 52.7 Å². The molecule has 0 aliphatic carbocycles. The first-order valence-corrected chi connectivity index (χ1v) is 9.29. The van der Waals surface area contributed by atoms with Crippen LogP contribution in [0.2, 0.25) is 0 Å². The Morgan fingerprint density at radius 3 is 2.43 bits per heavy atom. The summed E-state index contributed by atoms with van der Waals surface area (Å²) in [5.41, 5.74) is 0. The van der Waals surface area contributed by atoms with Crippen LogP contribution in [0.5, 0.6) is 0 Å². The molecule has 0 aliphatic rings. The van der Waals surface area contributed by atoms with Crippen molar-refractivity contribution in [3.05, 3.63) is 0 Å². The van der Waals surface area contributed by atoms with Crippen molar-refractivity contribution in [1.29, 1.82) is 0 Å². The Kier molecular flexibility index (Phi) is 7.60. The van der Waals surface area contributed by atoms with E-state index in [2.05, 4.69) is -0.939 Å². The van der Waals surface area contributed by atoms with Crippen molar-refractivity contribution in [2.45, 2.75) is 1.08 Å². The molecule has 3 nitrogen and oxygen atoms in total. The maximum absolute atomic E-state index is 9.96. The quantitative estimate of drug-likeness (QED) is 0.599. The van der Waals surface area contributed by atoms with Crippen molar-refractivity contribution in [1.82, 2.24) is -0.939 Å². The van der Waals surface area contributed by atoms with Crippen LogP contribution < -0.4 is -0.939 Å². The SMILES string of the molecule is O=C(O)[CH]([RaH])[NH][Rb]. The van der Waals surface area contributed by atoms with Gasteiger partial charge in [-0.25, -0.2) is 0 Å². The Bertz CT molecular complexity index is 78.1. The van der Waals surface area contributed by atoms with Gasteiger partial charge in [-0.1, -0.05) is 0 Å². The summed E-state index contributed by atoms with van der Waals surface area (Å²) in [4.78, 5) is 9.96. The summed E-state index contributed by atoms with van der Waals surface area (Å²) >= 11 is 0.466. The van der Waals surface area contributed by atoms with E-state index in [1.54, 1.807) is 0 Å². The van der Waals surface area contributed by atoms with E-state index in [1.807, 2.05) is 0 Å². The third-order valence-electron chi connectivity index (χ3n) is 0.803. The second-order valence-corrected chi connectivity index (χ2v) is 7.51. The average molecular weight is 386 g/mol. The first-order chi connectivity index (χ1) is 3.18. The fraction of sp³-hybridized carbons (Fsp3) is 0.500. The minimum atomic E-state index is -0.663. The van der Waals surface area contributed by atoms with E-state index in [-0.39, 0.29) is 43.9 Å². The van der Waals surface area contributed by atoms with Gasteiger partial charge < -0.3 is 0 Å². The summed E-state index contributed by atoms with van der Waals surface area (Å²) in [5, 5.41) is 8.21. The predicted molar refractivity (Wildman–Crippen MR) is 21.7 cm³/mol. The normalized spacial score (nSPS) is 13.3. The molecule has 0 aromatic carbocycles. The molecule has 0 rings (SSSR count). The van der Waals surface area contributed by atoms with Gasteiger partial charge in [0.15, 0.2) is 0 Å². The number of rotatable bonds is 2. The molecule has 32 valence electrons. The third-order valence-corrected chi connectivity index (χ3v) is 19.0. The number of hydrogen-bond donors (Lipinski definition) is 2. The second-order valence-electron chi connectivity index (χ2n) is 1.35. The molecule has 0 fully saturated rings. The summed E-state index contributed by atoms with van der Waals surface area (Å²) in [5.74, 6) is -0.663. The number of carboxylic acid groups (broad SMARTS) is 1. The Balaban J connectivity index is 3.34. The average Bonchev–Trinajstić information content (AvgIpc) is 1.65. The summed E-state index contributed by atoms with van der Waals surface area (Å²) in [6, 6.07) is 0. The molecule has 1 unspecified atom stereocenters. The molecular formula is C2H4NO2RaRb. The fourth-order valence-electron chi connectivity index (χ4n) is 0.123. The Morgan fingerprint density at radius 1 is 2.00 bits per heavy atom. The molecule has 0 heterocycles. The van der Waals surface area contributed by atoms with E-state index in [0.29, 0.717) is 56.0 Å². The van der Waals surface area contributed by atoms with Crippen LogP contribution in [-0.4, -0.2) is 68.2 Å². The number of carbonyl (C=O) groups is 1. The molecule has 0 bridgehead atoms. The zero-order valence-electron chi connectivity index (χ0n) is 4.43. The summed E-state index contributed by atoms with van der Waals surface area (Å²) < 4.78 is 2.77. The van der Waals surface area contributed by atoms with E-state index >= 15 is 0 Å². The molecule has 5 heteroatoms. The molecule has 0 aliphatic heterocycles. The van der Waals surface area contributed by atoms with Gasteiger partial charge in [0.05, 0.1) is 0 Å². The van der Waals surface area contributed by atoms with Crippen molar-refractivity contribution in [3.63, 3.8) is 0 Å². The number of aliphatic carboxylic acids is 1. The summed E-state index contributed by atoms with van der Waals surface area (Å²) in [6.07, 6.45) is 0. The topological polar surface area (TPSA) is 49.3 Å². The molecule has 0 aromatic rings. The molecule has 0 amide bonds. The Labute approximate surface area is 111 Å². The maximum atomic E-state index is 9.96. The van der Waals surface area contributed by atoms with Crippen LogP contribution in [0.3, 0.4) is 0 Å².